The molecule has 0 spiro atoms. The molecule has 1 rings (SSSR count). The maximum Gasteiger partial charge on any atom is 0.167 e. The maximum absolute atomic E-state index is 12.6. The summed E-state index contributed by atoms with van der Waals surface area (Å²) in [4.78, 5) is 0. The predicted octanol–water partition coefficient (Wildman–Crippen LogP) is 2.72. The topological polar surface area (TPSA) is 23.9 Å². The third-order valence-corrected chi connectivity index (χ3v) is 1.63. The second kappa shape index (κ2) is 3.09. The average Bonchev–Trinajstić information content (AvgIpc) is 1.96. The van der Waals surface area contributed by atoms with Crippen LogP contribution in [0.15, 0.2) is 16.6 Å². The fourth-order valence-corrected chi connectivity index (χ4v) is 1.13. The zero-order chi connectivity index (χ0) is 8.43. The first-order valence-electron chi connectivity index (χ1n) is 2.80. The van der Waals surface area contributed by atoms with E-state index in [-0.39, 0.29) is 5.56 Å². The Morgan fingerprint density at radius 2 is 2.00 bits per heavy atom. The van der Waals surface area contributed by atoms with Crippen molar-refractivity contribution in [1.29, 1.82) is 5.41 Å². The van der Waals surface area contributed by atoms with E-state index >= 15 is 0 Å². The fourth-order valence-electron chi connectivity index (χ4n) is 0.681. The Labute approximate surface area is 70.7 Å². The van der Waals surface area contributed by atoms with E-state index in [4.69, 9.17) is 5.41 Å². The van der Waals surface area contributed by atoms with Crippen molar-refractivity contribution in [3.8, 4) is 0 Å². The van der Waals surface area contributed by atoms with E-state index in [0.29, 0.717) is 4.47 Å². The smallest absolute Gasteiger partial charge is 0.167 e. The van der Waals surface area contributed by atoms with Crippen LogP contribution >= 0.6 is 15.9 Å². The molecule has 11 heavy (non-hydrogen) atoms. The van der Waals surface area contributed by atoms with Crippen LogP contribution in [0, 0.1) is 17.0 Å². The summed E-state index contributed by atoms with van der Waals surface area (Å²) in [6, 6.07) is 2.35. The third-order valence-electron chi connectivity index (χ3n) is 1.18. The second-order valence-electron chi connectivity index (χ2n) is 1.94. The van der Waals surface area contributed by atoms with Gasteiger partial charge >= 0.3 is 0 Å². The maximum atomic E-state index is 12.6. The van der Waals surface area contributed by atoms with Gasteiger partial charge in [-0.05, 0) is 12.1 Å². The van der Waals surface area contributed by atoms with Gasteiger partial charge in [-0.25, -0.2) is 8.78 Å². The molecule has 0 saturated carbocycles. The monoisotopic (exact) mass is 219 g/mol. The van der Waals surface area contributed by atoms with E-state index < -0.39 is 11.6 Å². The molecule has 4 heteroatoms. The minimum atomic E-state index is -0.983. The van der Waals surface area contributed by atoms with E-state index in [1.807, 2.05) is 0 Å². The lowest BCUT2D eigenvalue weighted by atomic mass is 10.2. The standard InChI is InChI=1S/C7H4BrF2N/c8-5-1-4(3-11)7(10)6(9)2-5/h1-3,11H. The number of nitrogens with one attached hydrogen (secondary N) is 1. The van der Waals surface area contributed by atoms with Crippen LogP contribution < -0.4 is 0 Å². The van der Waals surface area contributed by atoms with Crippen LogP contribution in [0.2, 0.25) is 0 Å². The number of hydrogen-bond donors (Lipinski definition) is 1. The van der Waals surface area contributed by atoms with Gasteiger partial charge in [-0.2, -0.15) is 0 Å². The molecule has 0 amide bonds. The van der Waals surface area contributed by atoms with Gasteiger partial charge in [-0.15, -0.1) is 0 Å². The number of rotatable bonds is 1. The van der Waals surface area contributed by atoms with Crippen molar-refractivity contribution in [2.45, 2.75) is 0 Å². The van der Waals surface area contributed by atoms with Gasteiger partial charge in [0.15, 0.2) is 11.6 Å². The molecule has 0 atom stereocenters. The molecule has 1 N–H and O–H groups in total. The number of halogens is 3. The Hall–Kier alpha value is -0.770. The van der Waals surface area contributed by atoms with Gasteiger partial charge < -0.3 is 5.41 Å². The van der Waals surface area contributed by atoms with Gasteiger partial charge in [-0.1, -0.05) is 15.9 Å². The quantitative estimate of drug-likeness (QED) is 0.555. The lowest BCUT2D eigenvalue weighted by molar-refractivity contribution is 0.507. The largest absolute Gasteiger partial charge is 0.308 e. The summed E-state index contributed by atoms with van der Waals surface area (Å²) in [5.74, 6) is -1.93. The Morgan fingerprint density at radius 1 is 1.36 bits per heavy atom. The van der Waals surface area contributed by atoms with Gasteiger partial charge in [0.2, 0.25) is 0 Å². The van der Waals surface area contributed by atoms with Crippen LogP contribution in [0.5, 0.6) is 0 Å². The lowest BCUT2D eigenvalue weighted by Crippen LogP contribution is -1.91. The van der Waals surface area contributed by atoms with E-state index in [9.17, 15) is 8.78 Å². The van der Waals surface area contributed by atoms with Crippen molar-refractivity contribution in [2.24, 2.45) is 0 Å². The molecule has 1 nitrogen and oxygen atoms in total. The van der Waals surface area contributed by atoms with Crippen LogP contribution in [0.3, 0.4) is 0 Å². The van der Waals surface area contributed by atoms with Crippen LogP contribution in [-0.2, 0) is 0 Å². The van der Waals surface area contributed by atoms with E-state index in [0.717, 1.165) is 12.3 Å². The molecule has 0 aliphatic rings. The van der Waals surface area contributed by atoms with Gasteiger partial charge in [0.1, 0.15) is 0 Å². The fraction of sp³-hybridized carbons (Fsp3) is 0. The first-order chi connectivity index (χ1) is 5.15. The molecule has 0 unspecified atom stereocenters. The molecule has 0 radical (unpaired) electrons. The van der Waals surface area contributed by atoms with Crippen LogP contribution in [0.4, 0.5) is 8.78 Å². The second-order valence-corrected chi connectivity index (χ2v) is 2.85. The highest BCUT2D eigenvalue weighted by Crippen LogP contribution is 2.17. The SMILES string of the molecule is N=Cc1cc(Br)cc(F)c1F. The third kappa shape index (κ3) is 1.63. The molecule has 0 bridgehead atoms. The molecule has 1 aromatic rings. The van der Waals surface area contributed by atoms with Crippen molar-refractivity contribution >= 4 is 22.1 Å². The Bertz CT molecular complexity index is 299. The Balaban J connectivity index is 3.35. The van der Waals surface area contributed by atoms with Crippen molar-refractivity contribution in [2.75, 3.05) is 0 Å². The molecule has 0 aliphatic carbocycles. The first-order valence-corrected chi connectivity index (χ1v) is 3.59. The summed E-state index contributed by atoms with van der Waals surface area (Å²) in [7, 11) is 0. The Morgan fingerprint density at radius 3 is 2.55 bits per heavy atom. The first kappa shape index (κ1) is 8.33. The number of benzene rings is 1. The normalized spacial score (nSPS) is 9.73. The minimum Gasteiger partial charge on any atom is -0.308 e. The van der Waals surface area contributed by atoms with E-state index in [1.165, 1.54) is 6.07 Å². The van der Waals surface area contributed by atoms with Gasteiger partial charge in [0.25, 0.3) is 0 Å². The van der Waals surface area contributed by atoms with Gasteiger partial charge in [-0.3, -0.25) is 0 Å². The summed E-state index contributed by atoms with van der Waals surface area (Å²) in [6.45, 7) is 0. The summed E-state index contributed by atoms with van der Waals surface area (Å²) in [5, 5.41) is 6.73. The minimum absolute atomic E-state index is 0.0584. The Kier molecular flexibility index (Phi) is 2.34. The van der Waals surface area contributed by atoms with Crippen molar-refractivity contribution in [1.82, 2.24) is 0 Å². The van der Waals surface area contributed by atoms with E-state index in [1.54, 1.807) is 0 Å². The molecular formula is C7H4BrF2N. The van der Waals surface area contributed by atoms with Crippen molar-refractivity contribution in [3.05, 3.63) is 33.8 Å². The van der Waals surface area contributed by atoms with Crippen LogP contribution in [0.1, 0.15) is 5.56 Å². The summed E-state index contributed by atoms with van der Waals surface area (Å²) in [5.41, 5.74) is -0.0584. The van der Waals surface area contributed by atoms with E-state index in [2.05, 4.69) is 15.9 Å². The average molecular weight is 220 g/mol. The molecule has 0 aromatic heterocycles. The zero-order valence-electron chi connectivity index (χ0n) is 5.37. The molecule has 1 aromatic carbocycles. The number of hydrogen-bond acceptors (Lipinski definition) is 1. The highest BCUT2D eigenvalue weighted by atomic mass is 79.9. The molecule has 0 heterocycles. The molecule has 58 valence electrons. The summed E-state index contributed by atoms with van der Waals surface area (Å²) < 4.78 is 25.6. The molecular weight excluding hydrogens is 216 g/mol. The molecule has 0 saturated heterocycles. The highest BCUT2D eigenvalue weighted by Gasteiger charge is 2.06. The lowest BCUT2D eigenvalue weighted by Gasteiger charge is -1.97. The van der Waals surface area contributed by atoms with Gasteiger partial charge in [0.05, 0.1) is 0 Å². The summed E-state index contributed by atoms with van der Waals surface area (Å²) >= 11 is 2.98. The predicted molar refractivity (Wildman–Crippen MR) is 41.9 cm³/mol. The van der Waals surface area contributed by atoms with Crippen LogP contribution in [0.25, 0.3) is 0 Å². The van der Waals surface area contributed by atoms with Crippen molar-refractivity contribution < 1.29 is 8.78 Å². The summed E-state index contributed by atoms with van der Waals surface area (Å²) in [6.07, 6.45) is 0.767. The van der Waals surface area contributed by atoms with Gasteiger partial charge in [0, 0.05) is 16.3 Å². The molecule has 0 fully saturated rings. The van der Waals surface area contributed by atoms with Crippen molar-refractivity contribution in [3.63, 3.8) is 0 Å². The zero-order valence-corrected chi connectivity index (χ0v) is 6.95. The van der Waals surface area contributed by atoms with Crippen LogP contribution in [-0.4, -0.2) is 6.21 Å². The molecule has 0 aliphatic heterocycles. The highest BCUT2D eigenvalue weighted by molar-refractivity contribution is 9.10.